The number of nitrogens with zero attached hydrogens (tertiary/aromatic N) is 3. The Kier molecular flexibility index (Phi) is 4.38. The smallest absolute Gasteiger partial charge is 0.348 e. The molecule has 0 radical (unpaired) electrons. The lowest BCUT2D eigenvalue weighted by Gasteiger charge is -2.10. The number of nitrogens with one attached hydrogen (secondary N) is 1. The summed E-state index contributed by atoms with van der Waals surface area (Å²) in [7, 11) is 0. The number of hydrogen-bond donors (Lipinski definition) is 1. The first-order valence-electron chi connectivity index (χ1n) is 7.21. The predicted molar refractivity (Wildman–Crippen MR) is 85.3 cm³/mol. The van der Waals surface area contributed by atoms with Gasteiger partial charge in [-0.15, -0.1) is 0 Å². The zero-order chi connectivity index (χ0) is 18.2. The van der Waals surface area contributed by atoms with Crippen LogP contribution in [0.4, 0.5) is 13.2 Å². The average molecular weight is 369 g/mol. The SMILES string of the molecule is Cc1cc(C(F)(F)F)n2ncc(C(=O)NCc3ccccc3Cl)c2n1. The fourth-order valence-electron chi connectivity index (χ4n) is 2.36. The van der Waals surface area contributed by atoms with Gasteiger partial charge in [-0.3, -0.25) is 4.79 Å². The van der Waals surface area contributed by atoms with E-state index < -0.39 is 17.8 Å². The van der Waals surface area contributed by atoms with Crippen molar-refractivity contribution in [2.75, 3.05) is 0 Å². The highest BCUT2D eigenvalue weighted by Crippen LogP contribution is 2.30. The van der Waals surface area contributed by atoms with Crippen LogP contribution in [0.25, 0.3) is 5.65 Å². The first-order valence-corrected chi connectivity index (χ1v) is 7.59. The summed E-state index contributed by atoms with van der Waals surface area (Å²) in [5, 5.41) is 6.76. The Hall–Kier alpha value is -2.61. The Morgan fingerprint density at radius 1 is 1.32 bits per heavy atom. The number of alkyl halides is 3. The van der Waals surface area contributed by atoms with Crippen LogP contribution in [-0.2, 0) is 12.7 Å². The highest BCUT2D eigenvalue weighted by Gasteiger charge is 2.35. The number of fused-ring (bicyclic) bond motifs is 1. The maximum Gasteiger partial charge on any atom is 0.433 e. The molecule has 130 valence electrons. The molecule has 0 saturated heterocycles. The van der Waals surface area contributed by atoms with Gasteiger partial charge in [0.2, 0.25) is 0 Å². The maximum atomic E-state index is 13.1. The van der Waals surface area contributed by atoms with Crippen molar-refractivity contribution in [3.8, 4) is 0 Å². The second-order valence-electron chi connectivity index (χ2n) is 5.35. The summed E-state index contributed by atoms with van der Waals surface area (Å²) >= 11 is 6.01. The molecule has 0 saturated carbocycles. The number of carbonyl (C=O) groups excluding carboxylic acids is 1. The molecular formula is C16H12ClF3N4O. The van der Waals surface area contributed by atoms with Crippen LogP contribution in [0.5, 0.6) is 0 Å². The van der Waals surface area contributed by atoms with Gasteiger partial charge in [-0.05, 0) is 24.6 Å². The van der Waals surface area contributed by atoms with Gasteiger partial charge in [0.05, 0.1) is 6.20 Å². The zero-order valence-electron chi connectivity index (χ0n) is 12.9. The van der Waals surface area contributed by atoms with Gasteiger partial charge in [0, 0.05) is 17.3 Å². The van der Waals surface area contributed by atoms with Gasteiger partial charge in [0.15, 0.2) is 5.65 Å². The molecular weight excluding hydrogens is 357 g/mol. The summed E-state index contributed by atoms with van der Waals surface area (Å²) in [6.07, 6.45) is -3.54. The van der Waals surface area contributed by atoms with Crippen molar-refractivity contribution in [2.45, 2.75) is 19.6 Å². The summed E-state index contributed by atoms with van der Waals surface area (Å²) in [5.41, 5.74) is -0.347. The molecule has 2 heterocycles. The van der Waals surface area contributed by atoms with Gasteiger partial charge in [-0.1, -0.05) is 29.8 Å². The van der Waals surface area contributed by atoms with E-state index in [9.17, 15) is 18.0 Å². The average Bonchev–Trinajstić information content (AvgIpc) is 2.95. The topological polar surface area (TPSA) is 59.3 Å². The van der Waals surface area contributed by atoms with Crippen LogP contribution in [0.2, 0.25) is 5.02 Å². The Bertz CT molecular complexity index is 952. The highest BCUT2D eigenvalue weighted by atomic mass is 35.5. The molecule has 0 aliphatic rings. The number of rotatable bonds is 3. The van der Waals surface area contributed by atoms with Crippen molar-refractivity contribution in [3.05, 3.63) is 64.1 Å². The van der Waals surface area contributed by atoms with Crippen molar-refractivity contribution < 1.29 is 18.0 Å². The molecule has 25 heavy (non-hydrogen) atoms. The number of aromatic nitrogens is 3. The van der Waals surface area contributed by atoms with E-state index in [4.69, 9.17) is 11.6 Å². The molecule has 5 nitrogen and oxygen atoms in total. The normalized spacial score (nSPS) is 11.7. The molecule has 0 spiro atoms. The van der Waals surface area contributed by atoms with E-state index in [1.807, 2.05) is 0 Å². The molecule has 3 rings (SSSR count). The lowest BCUT2D eigenvalue weighted by Crippen LogP contribution is -2.23. The van der Waals surface area contributed by atoms with E-state index in [1.165, 1.54) is 6.92 Å². The first kappa shape index (κ1) is 17.2. The highest BCUT2D eigenvalue weighted by molar-refractivity contribution is 6.31. The summed E-state index contributed by atoms with van der Waals surface area (Å²) in [5.74, 6) is -0.582. The van der Waals surface area contributed by atoms with E-state index in [1.54, 1.807) is 24.3 Å². The van der Waals surface area contributed by atoms with E-state index in [-0.39, 0.29) is 23.4 Å². The largest absolute Gasteiger partial charge is 0.433 e. The van der Waals surface area contributed by atoms with Crippen LogP contribution in [0, 0.1) is 6.92 Å². The molecule has 0 aliphatic carbocycles. The summed E-state index contributed by atoms with van der Waals surface area (Å²) in [4.78, 5) is 16.4. The van der Waals surface area contributed by atoms with Gasteiger partial charge in [-0.25, -0.2) is 9.50 Å². The molecule has 1 N–H and O–H groups in total. The van der Waals surface area contributed by atoms with Crippen LogP contribution < -0.4 is 5.32 Å². The molecule has 0 unspecified atom stereocenters. The maximum absolute atomic E-state index is 13.1. The van der Waals surface area contributed by atoms with Crippen LogP contribution in [0.3, 0.4) is 0 Å². The van der Waals surface area contributed by atoms with Crippen molar-refractivity contribution >= 4 is 23.2 Å². The van der Waals surface area contributed by atoms with E-state index >= 15 is 0 Å². The third-order valence-corrected chi connectivity index (χ3v) is 3.90. The molecule has 0 fully saturated rings. The van der Waals surface area contributed by atoms with Gasteiger partial charge in [-0.2, -0.15) is 18.3 Å². The minimum absolute atomic E-state index is 0.0405. The summed E-state index contributed by atoms with van der Waals surface area (Å²) < 4.78 is 40.0. The lowest BCUT2D eigenvalue weighted by molar-refractivity contribution is -0.142. The van der Waals surface area contributed by atoms with Crippen molar-refractivity contribution in [3.63, 3.8) is 0 Å². The minimum atomic E-state index is -4.61. The zero-order valence-corrected chi connectivity index (χ0v) is 13.7. The van der Waals surface area contributed by atoms with E-state index in [0.717, 1.165) is 12.3 Å². The molecule has 0 bridgehead atoms. The molecule has 3 aromatic rings. The van der Waals surface area contributed by atoms with Gasteiger partial charge < -0.3 is 5.32 Å². The monoisotopic (exact) mass is 368 g/mol. The summed E-state index contributed by atoms with van der Waals surface area (Å²) in [6, 6.07) is 7.82. The Morgan fingerprint density at radius 2 is 2.04 bits per heavy atom. The number of amides is 1. The molecule has 1 aromatic carbocycles. The van der Waals surface area contributed by atoms with Crippen LogP contribution in [-0.4, -0.2) is 20.5 Å². The third kappa shape index (κ3) is 3.43. The second kappa shape index (κ2) is 6.36. The molecule has 0 aliphatic heterocycles. The van der Waals surface area contributed by atoms with E-state index in [0.29, 0.717) is 15.1 Å². The molecule has 0 atom stereocenters. The minimum Gasteiger partial charge on any atom is -0.348 e. The Labute approximate surface area is 145 Å². The fraction of sp³-hybridized carbons (Fsp3) is 0.188. The number of benzene rings is 1. The van der Waals surface area contributed by atoms with Crippen LogP contribution in [0.1, 0.15) is 27.3 Å². The number of aryl methyl sites for hydroxylation is 1. The Morgan fingerprint density at radius 3 is 2.72 bits per heavy atom. The number of hydrogen-bond acceptors (Lipinski definition) is 3. The van der Waals surface area contributed by atoms with E-state index in [2.05, 4.69) is 15.4 Å². The van der Waals surface area contributed by atoms with Gasteiger partial charge in [0.25, 0.3) is 5.91 Å². The van der Waals surface area contributed by atoms with Crippen LogP contribution in [0.15, 0.2) is 36.5 Å². The first-order chi connectivity index (χ1) is 11.8. The standard InChI is InChI=1S/C16H12ClF3N4O/c1-9-6-13(16(18,19)20)24-14(23-9)11(8-22-24)15(25)21-7-10-4-2-3-5-12(10)17/h2-6,8H,7H2,1H3,(H,21,25). The second-order valence-corrected chi connectivity index (χ2v) is 5.76. The van der Waals surface area contributed by atoms with Crippen LogP contribution >= 0.6 is 11.6 Å². The molecule has 9 heteroatoms. The molecule has 2 aromatic heterocycles. The fourth-order valence-corrected chi connectivity index (χ4v) is 2.56. The number of carbonyl (C=O) groups is 1. The quantitative estimate of drug-likeness (QED) is 0.767. The van der Waals surface area contributed by atoms with Gasteiger partial charge in [0.1, 0.15) is 11.3 Å². The predicted octanol–water partition coefficient (Wildman–Crippen LogP) is 3.64. The molecule has 1 amide bonds. The third-order valence-electron chi connectivity index (χ3n) is 3.53. The van der Waals surface area contributed by atoms with Gasteiger partial charge >= 0.3 is 6.18 Å². The van der Waals surface area contributed by atoms with Crippen molar-refractivity contribution in [1.82, 2.24) is 19.9 Å². The van der Waals surface area contributed by atoms with Crippen molar-refractivity contribution in [2.24, 2.45) is 0 Å². The number of halogens is 4. The Balaban J connectivity index is 1.92. The lowest BCUT2D eigenvalue weighted by atomic mass is 10.2. The summed E-state index contributed by atoms with van der Waals surface area (Å²) in [6.45, 7) is 1.56. The van der Waals surface area contributed by atoms with Crippen molar-refractivity contribution in [1.29, 1.82) is 0 Å².